The van der Waals surface area contributed by atoms with Crippen LogP contribution >= 0.6 is 0 Å². The van der Waals surface area contributed by atoms with E-state index in [0.29, 0.717) is 30.6 Å². The maximum absolute atomic E-state index is 13.8. The first-order valence-electron chi connectivity index (χ1n) is 12.6. The van der Waals surface area contributed by atoms with E-state index in [-0.39, 0.29) is 29.4 Å². The Labute approximate surface area is 205 Å². The number of carbonyl (C=O) groups excluding carboxylic acids is 3. The molecule has 0 radical (unpaired) electrons. The monoisotopic (exact) mass is 469 g/mol. The molecule has 0 bridgehead atoms. The predicted molar refractivity (Wildman–Crippen MR) is 135 cm³/mol. The number of Topliss-reactive ketones (excluding diaryl/α,β-unsaturated/α-hetero) is 1. The summed E-state index contributed by atoms with van der Waals surface area (Å²) in [5.74, 6) is -0.855. The van der Waals surface area contributed by atoms with Crippen molar-refractivity contribution in [2.75, 3.05) is 11.9 Å². The number of benzene rings is 2. The van der Waals surface area contributed by atoms with E-state index in [9.17, 15) is 14.4 Å². The topological polar surface area (TPSA) is 71.4 Å². The number of aromatic nitrogens is 1. The fraction of sp³-hybridized carbons (Fsp3) is 0.345. The van der Waals surface area contributed by atoms with Crippen LogP contribution in [0.4, 0.5) is 5.69 Å². The molecule has 1 N–H and O–H groups in total. The highest BCUT2D eigenvalue weighted by atomic mass is 16.2. The van der Waals surface area contributed by atoms with Gasteiger partial charge in [0.05, 0.1) is 11.4 Å². The van der Waals surface area contributed by atoms with Crippen molar-refractivity contribution >= 4 is 23.3 Å². The molecule has 1 saturated heterocycles. The number of amides is 2. The van der Waals surface area contributed by atoms with E-state index in [0.717, 1.165) is 31.4 Å². The van der Waals surface area contributed by atoms with Crippen LogP contribution in [0.1, 0.15) is 48.9 Å². The van der Waals surface area contributed by atoms with Crippen LogP contribution in [0.15, 0.2) is 79.1 Å². The highest BCUT2D eigenvalue weighted by molar-refractivity contribution is 6.02. The molecule has 6 heteroatoms. The average Bonchev–Trinajstić information content (AvgIpc) is 3.61. The Morgan fingerprint density at radius 3 is 2.20 bits per heavy atom. The highest BCUT2D eigenvalue weighted by Crippen LogP contribution is 2.36. The van der Waals surface area contributed by atoms with Gasteiger partial charge in [0.15, 0.2) is 5.78 Å². The molecule has 6 nitrogen and oxygen atoms in total. The average molecular weight is 470 g/mol. The number of hydrogen-bond donors (Lipinski definition) is 1. The van der Waals surface area contributed by atoms with E-state index >= 15 is 0 Å². The van der Waals surface area contributed by atoms with Crippen LogP contribution in [0.25, 0.3) is 5.69 Å². The third kappa shape index (κ3) is 4.78. The molecule has 3 aromatic rings. The summed E-state index contributed by atoms with van der Waals surface area (Å²) >= 11 is 0. The number of nitrogens with one attached hydrogen (secondary N) is 1. The van der Waals surface area contributed by atoms with Crippen molar-refractivity contribution in [1.82, 2.24) is 9.47 Å². The minimum absolute atomic E-state index is 0.0458. The highest BCUT2D eigenvalue weighted by Gasteiger charge is 2.42. The molecule has 1 aromatic heterocycles. The van der Waals surface area contributed by atoms with Gasteiger partial charge in [-0.2, -0.15) is 0 Å². The van der Waals surface area contributed by atoms with Crippen molar-refractivity contribution in [3.63, 3.8) is 0 Å². The number of nitrogens with zero attached hydrogens (tertiary/aromatic N) is 2. The van der Waals surface area contributed by atoms with Crippen molar-refractivity contribution < 1.29 is 14.4 Å². The van der Waals surface area contributed by atoms with Crippen molar-refractivity contribution in [3.8, 4) is 5.69 Å². The van der Waals surface area contributed by atoms with Crippen LogP contribution < -0.4 is 5.32 Å². The minimum atomic E-state index is -0.519. The second-order valence-electron chi connectivity index (χ2n) is 9.51. The second kappa shape index (κ2) is 10.3. The molecule has 0 spiro atoms. The Morgan fingerprint density at radius 2 is 1.43 bits per heavy atom. The lowest BCUT2D eigenvalue weighted by Crippen LogP contribution is -2.48. The molecule has 180 valence electrons. The summed E-state index contributed by atoms with van der Waals surface area (Å²) < 4.78 is 1.95. The lowest BCUT2D eigenvalue weighted by atomic mass is 9.74. The number of para-hydroxylation sites is 2. The van der Waals surface area contributed by atoms with Gasteiger partial charge in [-0.25, -0.2) is 0 Å². The van der Waals surface area contributed by atoms with E-state index in [2.05, 4.69) is 5.32 Å². The Hall–Kier alpha value is -3.67. The molecule has 35 heavy (non-hydrogen) atoms. The summed E-state index contributed by atoms with van der Waals surface area (Å²) in [5.41, 5.74) is 2.25. The van der Waals surface area contributed by atoms with E-state index in [1.165, 1.54) is 0 Å². The molecule has 5 rings (SSSR count). The summed E-state index contributed by atoms with van der Waals surface area (Å²) in [6.45, 7) is 0.554. The molecular weight excluding hydrogens is 438 g/mol. The molecule has 0 unspecified atom stereocenters. The molecule has 2 heterocycles. The summed E-state index contributed by atoms with van der Waals surface area (Å²) in [7, 11) is 0. The van der Waals surface area contributed by atoms with Crippen molar-refractivity contribution in [2.45, 2.75) is 44.6 Å². The van der Waals surface area contributed by atoms with Gasteiger partial charge in [0.1, 0.15) is 6.04 Å². The first-order valence-corrected chi connectivity index (χ1v) is 12.6. The standard InChI is InChI=1S/C29H31N3O3/c33-27(21-11-2-1-3-12-21)22-13-4-5-14-23(22)29(35)32-20-10-17-26(32)28(34)30-24-15-6-7-16-25(24)31-18-8-9-19-31/h1-3,6-9,11-12,15-16,18-19,22-23,26H,4-5,10,13-14,17,20H2,(H,30,34)/t22-,23+,26-/m0/s1. The summed E-state index contributed by atoms with van der Waals surface area (Å²) in [6, 6.07) is 20.3. The Bertz CT molecular complexity index is 1190. The lowest BCUT2D eigenvalue weighted by molar-refractivity contribution is -0.142. The first kappa shape index (κ1) is 23.1. The van der Waals surface area contributed by atoms with Crippen molar-refractivity contribution in [1.29, 1.82) is 0 Å². The van der Waals surface area contributed by atoms with Crippen molar-refractivity contribution in [3.05, 3.63) is 84.7 Å². The molecule has 1 aliphatic carbocycles. The minimum Gasteiger partial charge on any atom is -0.330 e. The molecule has 2 aromatic carbocycles. The van der Waals surface area contributed by atoms with Gasteiger partial charge in [0.2, 0.25) is 11.8 Å². The number of carbonyl (C=O) groups is 3. The van der Waals surface area contributed by atoms with Gasteiger partial charge in [-0.1, -0.05) is 55.3 Å². The number of anilines is 1. The van der Waals surface area contributed by atoms with Crippen LogP contribution in [0, 0.1) is 11.8 Å². The second-order valence-corrected chi connectivity index (χ2v) is 9.51. The van der Waals surface area contributed by atoms with Gasteiger partial charge in [-0.15, -0.1) is 0 Å². The number of rotatable bonds is 6. The zero-order valence-corrected chi connectivity index (χ0v) is 19.8. The van der Waals surface area contributed by atoms with Gasteiger partial charge >= 0.3 is 0 Å². The largest absolute Gasteiger partial charge is 0.330 e. The Balaban J connectivity index is 1.33. The fourth-order valence-corrected chi connectivity index (χ4v) is 5.59. The van der Waals surface area contributed by atoms with E-state index in [1.54, 1.807) is 4.90 Å². The Morgan fingerprint density at radius 1 is 0.743 bits per heavy atom. The molecule has 3 atom stereocenters. The summed E-state index contributed by atoms with van der Waals surface area (Å²) in [5, 5.41) is 3.07. The van der Waals surface area contributed by atoms with E-state index in [1.807, 2.05) is 83.7 Å². The lowest BCUT2D eigenvalue weighted by Gasteiger charge is -2.34. The number of likely N-dealkylation sites (tertiary alicyclic amines) is 1. The van der Waals surface area contributed by atoms with E-state index < -0.39 is 6.04 Å². The molecule has 2 aliphatic rings. The molecule has 2 fully saturated rings. The van der Waals surface area contributed by atoms with Crippen LogP contribution in [-0.2, 0) is 9.59 Å². The predicted octanol–water partition coefficient (Wildman–Crippen LogP) is 5.10. The van der Waals surface area contributed by atoms with Crippen LogP contribution in [0.5, 0.6) is 0 Å². The zero-order chi connectivity index (χ0) is 24.2. The smallest absolute Gasteiger partial charge is 0.247 e. The molecular formula is C29H31N3O3. The van der Waals surface area contributed by atoms with Crippen molar-refractivity contribution in [2.24, 2.45) is 11.8 Å². The zero-order valence-electron chi connectivity index (χ0n) is 19.8. The fourth-order valence-electron chi connectivity index (χ4n) is 5.59. The third-order valence-corrected chi connectivity index (χ3v) is 7.36. The van der Waals surface area contributed by atoms with Gasteiger partial charge in [-0.05, 0) is 49.9 Å². The SMILES string of the molecule is O=C(c1ccccc1)[C@H]1CCCC[C@H]1C(=O)N1CCC[C@H]1C(=O)Nc1ccccc1-n1cccc1. The maximum atomic E-state index is 13.8. The van der Waals surface area contributed by atoms with Gasteiger partial charge in [-0.3, -0.25) is 14.4 Å². The molecule has 2 amide bonds. The first-order chi connectivity index (χ1) is 17.1. The molecule has 1 saturated carbocycles. The number of hydrogen-bond acceptors (Lipinski definition) is 3. The molecule has 1 aliphatic heterocycles. The van der Waals surface area contributed by atoms with Crippen LogP contribution in [0.3, 0.4) is 0 Å². The van der Waals surface area contributed by atoms with Gasteiger partial charge in [0.25, 0.3) is 0 Å². The maximum Gasteiger partial charge on any atom is 0.247 e. The normalized spacial score (nSPS) is 22.1. The van der Waals surface area contributed by atoms with E-state index in [4.69, 9.17) is 0 Å². The number of ketones is 1. The van der Waals surface area contributed by atoms with Gasteiger partial charge < -0.3 is 14.8 Å². The van der Waals surface area contributed by atoms with Crippen LogP contribution in [0.2, 0.25) is 0 Å². The van der Waals surface area contributed by atoms with Crippen LogP contribution in [-0.4, -0.2) is 39.7 Å². The quantitative estimate of drug-likeness (QED) is 0.511. The Kier molecular flexibility index (Phi) is 6.80. The third-order valence-electron chi connectivity index (χ3n) is 7.36. The van der Waals surface area contributed by atoms with Gasteiger partial charge in [0, 0.05) is 36.3 Å². The summed E-state index contributed by atoms with van der Waals surface area (Å²) in [4.78, 5) is 42.2. The summed E-state index contributed by atoms with van der Waals surface area (Å²) in [6.07, 6.45) is 8.59.